The summed E-state index contributed by atoms with van der Waals surface area (Å²) >= 11 is 0. The molecular weight excluding hydrogens is 297 g/mol. The Labute approximate surface area is 121 Å². The smallest absolute Gasteiger partial charge is 1.00 e. The molecule has 13 heavy (non-hydrogen) atoms. The molecule has 0 radical (unpaired) electrons. The van der Waals surface area contributed by atoms with Crippen molar-refractivity contribution in [1.82, 2.24) is 0 Å². The van der Waals surface area contributed by atoms with E-state index in [0.29, 0.717) is 6.42 Å². The first-order chi connectivity index (χ1) is 5.37. The van der Waals surface area contributed by atoms with Crippen molar-refractivity contribution in [2.24, 2.45) is 11.3 Å². The number of carboxylic acid groups (broad SMARTS) is 2. The van der Waals surface area contributed by atoms with Crippen molar-refractivity contribution < 1.29 is 22.7 Å². The summed E-state index contributed by atoms with van der Waals surface area (Å²) in [6, 6.07) is 0. The van der Waals surface area contributed by atoms with Gasteiger partial charge in [0.15, 0.2) is 5.41 Å². The summed E-state index contributed by atoms with van der Waals surface area (Å²) in [4.78, 5) is 21.4. The summed E-state index contributed by atoms with van der Waals surface area (Å²) in [5.41, 5.74) is -1.66. The van der Waals surface area contributed by atoms with Crippen LogP contribution in [0.5, 0.6) is 0 Å². The zero-order valence-corrected chi connectivity index (χ0v) is 12.6. The van der Waals surface area contributed by atoms with Crippen LogP contribution in [-0.2, 0) is 9.59 Å². The first-order valence-electron chi connectivity index (χ1n) is 3.84. The van der Waals surface area contributed by atoms with Gasteiger partial charge in [0.1, 0.15) is 0 Å². The van der Waals surface area contributed by atoms with E-state index in [1.807, 2.05) is 0 Å². The minimum Gasteiger partial charge on any atom is -1.00 e. The van der Waals surface area contributed by atoms with E-state index >= 15 is 0 Å². The Morgan fingerprint density at radius 3 is 1.77 bits per heavy atom. The Kier molecular flexibility index (Phi) is 7.47. The van der Waals surface area contributed by atoms with E-state index in [2.05, 4.69) is 0 Å². The monoisotopic (exact) mass is 314 g/mol. The Hall–Kier alpha value is 0.511. The van der Waals surface area contributed by atoms with E-state index in [1.54, 1.807) is 13.8 Å². The Morgan fingerprint density at radius 2 is 1.69 bits per heavy atom. The van der Waals surface area contributed by atoms with Gasteiger partial charge in [-0.15, -0.1) is 0 Å². The van der Waals surface area contributed by atoms with Gasteiger partial charge >= 0.3 is 60.8 Å². The van der Waals surface area contributed by atoms with E-state index in [-0.39, 0.29) is 57.7 Å². The molecule has 0 heterocycles. The molecule has 0 aliphatic carbocycles. The van der Waals surface area contributed by atoms with Crippen LogP contribution in [0.25, 0.3) is 0 Å². The fourth-order valence-corrected chi connectivity index (χ4v) is 0.921. The molecular formula is C8H16BaO4. The quantitative estimate of drug-likeness (QED) is 0.601. The second-order valence-corrected chi connectivity index (χ2v) is 3.12. The average Bonchev–Trinajstić information content (AvgIpc) is 2.00. The van der Waals surface area contributed by atoms with Crippen molar-refractivity contribution in [2.45, 2.75) is 27.2 Å². The van der Waals surface area contributed by atoms with Crippen molar-refractivity contribution >= 4 is 60.8 Å². The molecule has 74 valence electrons. The predicted molar refractivity (Wildman–Crippen MR) is 50.8 cm³/mol. The molecule has 0 rings (SSSR count). The van der Waals surface area contributed by atoms with Gasteiger partial charge in [-0.05, 0) is 12.8 Å². The summed E-state index contributed by atoms with van der Waals surface area (Å²) in [5.74, 6) is -2.92. The minimum absolute atomic E-state index is 0. The first kappa shape index (κ1) is 16.0. The van der Waals surface area contributed by atoms with Crippen LogP contribution in [0.3, 0.4) is 0 Å². The van der Waals surface area contributed by atoms with Gasteiger partial charge < -0.3 is 13.1 Å². The molecule has 0 spiro atoms. The van der Waals surface area contributed by atoms with Crippen LogP contribution >= 0.6 is 0 Å². The minimum atomic E-state index is -1.66. The number of aliphatic carboxylic acids is 2. The molecule has 1 unspecified atom stereocenters. The van der Waals surface area contributed by atoms with Gasteiger partial charge in [-0.1, -0.05) is 20.3 Å². The normalized spacial score (nSPS) is 12.8. The molecule has 0 saturated heterocycles. The standard InChI is InChI=1S/C8H14O4.Ba.2H/c1-4-5(2)8(3,6(9)10)7(11)12;;;/h5H,4H2,1-3H3,(H,9,10)(H,11,12);;;/q;+2;2*-1. The predicted octanol–water partition coefficient (Wildman–Crippen LogP) is 1.05. The maximum Gasteiger partial charge on any atom is 2.00 e. The van der Waals surface area contributed by atoms with Crippen LogP contribution in [0.1, 0.15) is 30.0 Å². The zero-order valence-electron chi connectivity index (χ0n) is 10.2. The summed E-state index contributed by atoms with van der Waals surface area (Å²) in [5, 5.41) is 17.4. The van der Waals surface area contributed by atoms with E-state index in [0.717, 1.165) is 0 Å². The largest absolute Gasteiger partial charge is 2.00 e. The van der Waals surface area contributed by atoms with Crippen molar-refractivity contribution in [3.63, 3.8) is 0 Å². The summed E-state index contributed by atoms with van der Waals surface area (Å²) in [7, 11) is 0. The van der Waals surface area contributed by atoms with Crippen LogP contribution in [-0.4, -0.2) is 71.0 Å². The molecule has 0 aromatic carbocycles. The third-order valence-electron chi connectivity index (χ3n) is 2.49. The Balaban J connectivity index is -0.000000202. The summed E-state index contributed by atoms with van der Waals surface area (Å²) in [6.07, 6.45) is 0.537. The summed E-state index contributed by atoms with van der Waals surface area (Å²) < 4.78 is 0. The van der Waals surface area contributed by atoms with Gasteiger partial charge in [0, 0.05) is 0 Å². The third kappa shape index (κ3) is 3.29. The van der Waals surface area contributed by atoms with Crippen molar-refractivity contribution in [2.75, 3.05) is 0 Å². The average molecular weight is 314 g/mol. The third-order valence-corrected chi connectivity index (χ3v) is 2.49. The van der Waals surface area contributed by atoms with Crippen LogP contribution in [0.15, 0.2) is 0 Å². The molecule has 0 bridgehead atoms. The fourth-order valence-electron chi connectivity index (χ4n) is 0.921. The molecule has 0 aromatic heterocycles. The van der Waals surface area contributed by atoms with Crippen LogP contribution in [0.2, 0.25) is 0 Å². The van der Waals surface area contributed by atoms with Crippen molar-refractivity contribution in [3.8, 4) is 0 Å². The first-order valence-corrected chi connectivity index (χ1v) is 3.84. The van der Waals surface area contributed by atoms with Gasteiger partial charge in [0.25, 0.3) is 0 Å². The molecule has 0 aromatic rings. The number of rotatable bonds is 4. The molecule has 0 fully saturated rings. The molecule has 1 atom stereocenters. The topological polar surface area (TPSA) is 74.6 Å². The SMILES string of the molecule is CCC(C)C(C)(C(=O)O)C(=O)O.[Ba+2].[H-].[H-]. The molecule has 0 aliphatic rings. The van der Waals surface area contributed by atoms with E-state index in [1.165, 1.54) is 6.92 Å². The zero-order chi connectivity index (χ0) is 9.94. The van der Waals surface area contributed by atoms with Gasteiger partial charge in [0.05, 0.1) is 0 Å². The van der Waals surface area contributed by atoms with E-state index in [9.17, 15) is 9.59 Å². The van der Waals surface area contributed by atoms with Gasteiger partial charge in [-0.25, -0.2) is 0 Å². The van der Waals surface area contributed by atoms with E-state index < -0.39 is 17.4 Å². The molecule has 2 N–H and O–H groups in total. The molecule has 5 heteroatoms. The van der Waals surface area contributed by atoms with Gasteiger partial charge in [-0.2, -0.15) is 0 Å². The Bertz CT molecular complexity index is 197. The van der Waals surface area contributed by atoms with Crippen molar-refractivity contribution in [1.29, 1.82) is 0 Å². The maximum atomic E-state index is 10.7. The van der Waals surface area contributed by atoms with Crippen LogP contribution < -0.4 is 0 Å². The number of carbonyl (C=O) groups is 2. The van der Waals surface area contributed by atoms with Gasteiger partial charge in [0.2, 0.25) is 0 Å². The van der Waals surface area contributed by atoms with Gasteiger partial charge in [-0.3, -0.25) is 9.59 Å². The molecule has 4 nitrogen and oxygen atoms in total. The number of hydrogen-bond acceptors (Lipinski definition) is 2. The van der Waals surface area contributed by atoms with Crippen molar-refractivity contribution in [3.05, 3.63) is 0 Å². The second-order valence-electron chi connectivity index (χ2n) is 3.12. The molecule has 0 saturated carbocycles. The fraction of sp³-hybridized carbons (Fsp3) is 0.750. The molecule has 0 amide bonds. The van der Waals surface area contributed by atoms with E-state index in [4.69, 9.17) is 10.2 Å². The van der Waals surface area contributed by atoms with Crippen LogP contribution in [0, 0.1) is 11.3 Å². The summed E-state index contributed by atoms with van der Waals surface area (Å²) in [6.45, 7) is 4.64. The Morgan fingerprint density at radius 1 is 1.38 bits per heavy atom. The second kappa shape index (κ2) is 6.08. The van der Waals surface area contributed by atoms with Crippen LogP contribution in [0.4, 0.5) is 0 Å². The number of hydrogen-bond donors (Lipinski definition) is 2. The molecule has 0 aliphatic heterocycles. The number of carboxylic acids is 2. The maximum absolute atomic E-state index is 10.7.